The molecule has 1 aromatic carbocycles. The van der Waals surface area contributed by atoms with Crippen molar-refractivity contribution in [3.63, 3.8) is 0 Å². The minimum Gasteiger partial charge on any atom is -0.423 e. The summed E-state index contributed by atoms with van der Waals surface area (Å²) in [6, 6.07) is 8.72. The van der Waals surface area contributed by atoms with Crippen molar-refractivity contribution in [2.45, 2.75) is 24.9 Å². The van der Waals surface area contributed by atoms with E-state index in [0.717, 1.165) is 37.0 Å². The maximum absolute atomic E-state index is 11.4. The summed E-state index contributed by atoms with van der Waals surface area (Å²) >= 11 is 0. The zero-order valence-electron chi connectivity index (χ0n) is 12.7. The lowest BCUT2D eigenvalue weighted by atomic mass is 10.0. The normalized spacial score (nSPS) is 24.5. The molecule has 1 atom stereocenters. The highest BCUT2D eigenvalue weighted by atomic mass is 32.2. The van der Waals surface area contributed by atoms with Gasteiger partial charge in [-0.3, -0.25) is 0 Å². The molecule has 1 saturated heterocycles. The Morgan fingerprint density at radius 2 is 2.00 bits per heavy atom. The third-order valence-corrected chi connectivity index (χ3v) is 5.82. The van der Waals surface area contributed by atoms with Crippen molar-refractivity contribution in [3.8, 4) is 0 Å². The Labute approximate surface area is 135 Å². The predicted molar refractivity (Wildman–Crippen MR) is 89.1 cm³/mol. The number of para-hydroxylation sites is 2. The minimum atomic E-state index is -2.99. The molecule has 0 saturated carbocycles. The molecule has 2 aromatic rings. The highest BCUT2D eigenvalue weighted by molar-refractivity contribution is 7.94. The van der Waals surface area contributed by atoms with Crippen LogP contribution in [0.15, 0.2) is 40.2 Å². The molecule has 2 aliphatic heterocycles. The highest BCUT2D eigenvalue weighted by Crippen LogP contribution is 2.24. The number of oxazole rings is 1. The second kappa shape index (κ2) is 5.65. The molecule has 4 rings (SSSR count). The summed E-state index contributed by atoms with van der Waals surface area (Å²) in [5.74, 6) is 0.179. The summed E-state index contributed by atoms with van der Waals surface area (Å²) in [5, 5.41) is 4.75. The largest absolute Gasteiger partial charge is 0.423 e. The number of piperidine rings is 1. The Morgan fingerprint density at radius 1 is 1.22 bits per heavy atom. The number of nitrogens with zero attached hydrogens (tertiary/aromatic N) is 2. The topological polar surface area (TPSA) is 75.4 Å². The van der Waals surface area contributed by atoms with Gasteiger partial charge in [0.1, 0.15) is 5.52 Å². The van der Waals surface area contributed by atoms with E-state index in [9.17, 15) is 8.42 Å². The predicted octanol–water partition coefficient (Wildman–Crippen LogP) is 1.70. The number of fused-ring (bicyclic) bond motifs is 1. The number of hydrogen-bond acceptors (Lipinski definition) is 6. The second-order valence-corrected chi connectivity index (χ2v) is 8.09. The number of nitrogens with one attached hydrogen (secondary N) is 1. The van der Waals surface area contributed by atoms with Crippen LogP contribution in [0, 0.1) is 0 Å². The molecule has 0 amide bonds. The summed E-state index contributed by atoms with van der Waals surface area (Å²) in [6.45, 7) is 1.71. The van der Waals surface area contributed by atoms with Gasteiger partial charge in [-0.2, -0.15) is 4.98 Å². The summed E-state index contributed by atoms with van der Waals surface area (Å²) in [4.78, 5) is 6.68. The van der Waals surface area contributed by atoms with Crippen LogP contribution in [-0.4, -0.2) is 44.3 Å². The van der Waals surface area contributed by atoms with E-state index in [0.29, 0.717) is 12.1 Å². The number of sulfone groups is 1. The Balaban J connectivity index is 1.36. The van der Waals surface area contributed by atoms with Gasteiger partial charge in [-0.15, -0.1) is 0 Å². The Bertz CT molecular complexity index is 802. The monoisotopic (exact) mass is 333 g/mol. The van der Waals surface area contributed by atoms with Crippen LogP contribution in [0.1, 0.15) is 12.8 Å². The highest BCUT2D eigenvalue weighted by Gasteiger charge is 2.27. The molecule has 0 aliphatic carbocycles. The number of benzene rings is 1. The Kier molecular flexibility index (Phi) is 3.61. The van der Waals surface area contributed by atoms with Crippen LogP contribution in [0.2, 0.25) is 0 Å². The number of hydrogen-bond donors (Lipinski definition) is 1. The molecule has 7 heteroatoms. The van der Waals surface area contributed by atoms with E-state index in [-0.39, 0.29) is 11.8 Å². The van der Waals surface area contributed by atoms with Crippen molar-refractivity contribution in [2.75, 3.05) is 23.7 Å². The molecular weight excluding hydrogens is 314 g/mol. The van der Waals surface area contributed by atoms with E-state index in [1.165, 1.54) is 5.41 Å². The maximum atomic E-state index is 11.4. The first kappa shape index (κ1) is 14.7. The van der Waals surface area contributed by atoms with Gasteiger partial charge in [0.2, 0.25) is 0 Å². The molecule has 6 nitrogen and oxygen atoms in total. The Morgan fingerprint density at radius 3 is 2.70 bits per heavy atom. The fourth-order valence-electron chi connectivity index (χ4n) is 3.22. The van der Waals surface area contributed by atoms with Crippen LogP contribution in [-0.2, 0) is 9.84 Å². The fourth-order valence-corrected chi connectivity index (χ4v) is 4.46. The van der Waals surface area contributed by atoms with Gasteiger partial charge < -0.3 is 14.6 Å². The van der Waals surface area contributed by atoms with Gasteiger partial charge in [-0.1, -0.05) is 18.2 Å². The van der Waals surface area contributed by atoms with Crippen molar-refractivity contribution >= 4 is 27.0 Å². The molecule has 122 valence electrons. The van der Waals surface area contributed by atoms with E-state index in [1.807, 2.05) is 24.3 Å². The van der Waals surface area contributed by atoms with Gasteiger partial charge in [0, 0.05) is 30.6 Å². The average Bonchev–Trinajstić information content (AvgIpc) is 3.11. The smallest absolute Gasteiger partial charge is 0.298 e. The van der Waals surface area contributed by atoms with Crippen LogP contribution in [0.25, 0.3) is 11.1 Å². The Hall–Kier alpha value is -1.86. The number of anilines is 1. The lowest BCUT2D eigenvalue weighted by molar-refractivity contribution is 0.389. The van der Waals surface area contributed by atoms with Crippen molar-refractivity contribution in [3.05, 3.63) is 35.7 Å². The fraction of sp³-hybridized carbons (Fsp3) is 0.438. The molecule has 1 unspecified atom stereocenters. The molecule has 0 radical (unpaired) electrons. The number of rotatable bonds is 3. The average molecular weight is 333 g/mol. The summed E-state index contributed by atoms with van der Waals surface area (Å²) in [7, 11) is -2.99. The molecule has 2 aliphatic rings. The van der Waals surface area contributed by atoms with Crippen LogP contribution < -0.4 is 10.2 Å². The van der Waals surface area contributed by atoms with Gasteiger partial charge in [0.25, 0.3) is 6.01 Å². The first-order chi connectivity index (χ1) is 11.1. The van der Waals surface area contributed by atoms with E-state index < -0.39 is 9.84 Å². The van der Waals surface area contributed by atoms with E-state index in [1.54, 1.807) is 6.08 Å². The summed E-state index contributed by atoms with van der Waals surface area (Å²) in [5.41, 5.74) is 1.69. The van der Waals surface area contributed by atoms with Gasteiger partial charge >= 0.3 is 0 Å². The first-order valence-electron chi connectivity index (χ1n) is 7.87. The van der Waals surface area contributed by atoms with Crippen LogP contribution in [0.5, 0.6) is 0 Å². The SMILES string of the molecule is O=S1(=O)C=CC(NC2CCN(c3nc4ccccc4o3)CC2)C1. The van der Waals surface area contributed by atoms with Gasteiger partial charge in [-0.05, 0) is 25.0 Å². The van der Waals surface area contributed by atoms with Gasteiger partial charge in [0.05, 0.1) is 5.75 Å². The van der Waals surface area contributed by atoms with E-state index in [4.69, 9.17) is 4.42 Å². The molecule has 1 fully saturated rings. The maximum Gasteiger partial charge on any atom is 0.298 e. The molecule has 0 spiro atoms. The number of aromatic nitrogens is 1. The van der Waals surface area contributed by atoms with E-state index >= 15 is 0 Å². The third kappa shape index (κ3) is 3.11. The standard InChI is InChI=1S/C16H19N3O3S/c20-23(21)10-7-13(11-23)17-12-5-8-19(9-6-12)16-18-14-3-1-2-4-15(14)22-16/h1-4,7,10,12-13,17H,5-6,8-9,11H2. The van der Waals surface area contributed by atoms with Crippen molar-refractivity contribution in [1.29, 1.82) is 0 Å². The molecule has 1 N–H and O–H groups in total. The lowest BCUT2D eigenvalue weighted by Crippen LogP contribution is -2.46. The van der Waals surface area contributed by atoms with Gasteiger partial charge in [-0.25, -0.2) is 8.42 Å². The van der Waals surface area contributed by atoms with Crippen LogP contribution >= 0.6 is 0 Å². The second-order valence-electron chi connectivity index (χ2n) is 6.16. The van der Waals surface area contributed by atoms with E-state index in [2.05, 4.69) is 15.2 Å². The summed E-state index contributed by atoms with van der Waals surface area (Å²) in [6.07, 6.45) is 3.65. The zero-order valence-corrected chi connectivity index (χ0v) is 13.5. The molecule has 0 bridgehead atoms. The zero-order chi connectivity index (χ0) is 15.9. The third-order valence-electron chi connectivity index (χ3n) is 4.43. The van der Waals surface area contributed by atoms with Crippen LogP contribution in [0.3, 0.4) is 0 Å². The molecule has 23 heavy (non-hydrogen) atoms. The first-order valence-corrected chi connectivity index (χ1v) is 9.58. The van der Waals surface area contributed by atoms with Crippen molar-refractivity contribution < 1.29 is 12.8 Å². The molecule has 3 heterocycles. The van der Waals surface area contributed by atoms with Gasteiger partial charge in [0.15, 0.2) is 15.4 Å². The lowest BCUT2D eigenvalue weighted by Gasteiger charge is -2.32. The molecule has 1 aromatic heterocycles. The van der Waals surface area contributed by atoms with Crippen LogP contribution in [0.4, 0.5) is 6.01 Å². The summed E-state index contributed by atoms with van der Waals surface area (Å²) < 4.78 is 28.7. The van der Waals surface area contributed by atoms with Crippen molar-refractivity contribution in [1.82, 2.24) is 10.3 Å². The quantitative estimate of drug-likeness (QED) is 0.921. The molecular formula is C16H19N3O3S. The minimum absolute atomic E-state index is 0.0547. The van der Waals surface area contributed by atoms with Crippen molar-refractivity contribution in [2.24, 2.45) is 0 Å².